The van der Waals surface area contributed by atoms with Crippen molar-refractivity contribution in [2.45, 2.75) is 38.6 Å². The van der Waals surface area contributed by atoms with Crippen LogP contribution in [0.2, 0.25) is 0 Å². The van der Waals surface area contributed by atoms with Crippen LogP contribution in [0.25, 0.3) is 0 Å². The maximum Gasteiger partial charge on any atom is 0.253 e. The van der Waals surface area contributed by atoms with Crippen LogP contribution in [0.1, 0.15) is 24.0 Å². The number of hydrogen-bond acceptors (Lipinski definition) is 4. The topological polar surface area (TPSA) is 73.6 Å². The molecule has 3 rings (SSSR count). The zero-order valence-corrected chi connectivity index (χ0v) is 14.4. The van der Waals surface area contributed by atoms with Crippen LogP contribution in [0.3, 0.4) is 0 Å². The first kappa shape index (κ1) is 17.5. The average Bonchev–Trinajstić information content (AvgIpc) is 3.12. The summed E-state index contributed by atoms with van der Waals surface area (Å²) in [6, 6.07) is 15.7. The number of ether oxygens (including phenoxy) is 2. The molecule has 132 valence electrons. The minimum atomic E-state index is -0.415. The van der Waals surface area contributed by atoms with Crippen LogP contribution in [-0.4, -0.2) is 24.7 Å². The van der Waals surface area contributed by atoms with Gasteiger partial charge in [0.2, 0.25) is 0 Å². The van der Waals surface area contributed by atoms with Crippen LogP contribution in [-0.2, 0) is 16.1 Å². The Bertz CT molecular complexity index is 718. The van der Waals surface area contributed by atoms with Crippen LogP contribution in [0.4, 0.5) is 5.69 Å². The van der Waals surface area contributed by atoms with E-state index >= 15 is 0 Å². The highest BCUT2D eigenvalue weighted by molar-refractivity contribution is 5.95. The molecule has 0 saturated carbocycles. The van der Waals surface area contributed by atoms with Crippen molar-refractivity contribution in [3.05, 3.63) is 59.7 Å². The van der Waals surface area contributed by atoms with Gasteiger partial charge in [0.05, 0.1) is 6.10 Å². The molecule has 1 amide bonds. The molecule has 2 aromatic carbocycles. The van der Waals surface area contributed by atoms with Gasteiger partial charge in [-0.2, -0.15) is 0 Å². The lowest BCUT2D eigenvalue weighted by Gasteiger charge is -2.15. The number of carbonyl (C=O) groups excluding carboxylic acids is 1. The summed E-state index contributed by atoms with van der Waals surface area (Å²) in [5.74, 6) is 0.664. The summed E-state index contributed by atoms with van der Waals surface area (Å²) < 4.78 is 11.4. The van der Waals surface area contributed by atoms with E-state index < -0.39 is 6.10 Å². The van der Waals surface area contributed by atoms with E-state index in [4.69, 9.17) is 15.2 Å². The number of nitrogens with one attached hydrogen (secondary N) is 1. The predicted molar refractivity (Wildman–Crippen MR) is 97.5 cm³/mol. The van der Waals surface area contributed by atoms with Gasteiger partial charge in [0.15, 0.2) is 0 Å². The Kier molecular flexibility index (Phi) is 5.68. The van der Waals surface area contributed by atoms with E-state index in [-0.39, 0.29) is 12.0 Å². The largest absolute Gasteiger partial charge is 0.489 e. The Hall–Kier alpha value is -2.37. The van der Waals surface area contributed by atoms with Gasteiger partial charge >= 0.3 is 0 Å². The molecule has 2 aromatic rings. The monoisotopic (exact) mass is 340 g/mol. The summed E-state index contributed by atoms with van der Waals surface area (Å²) >= 11 is 0. The molecule has 0 bridgehead atoms. The first-order chi connectivity index (χ1) is 12.2. The molecule has 1 aliphatic rings. The molecular weight excluding hydrogens is 316 g/mol. The van der Waals surface area contributed by atoms with E-state index in [2.05, 4.69) is 5.32 Å². The molecule has 1 aliphatic heterocycles. The quantitative estimate of drug-likeness (QED) is 0.848. The van der Waals surface area contributed by atoms with Gasteiger partial charge < -0.3 is 20.5 Å². The van der Waals surface area contributed by atoms with Gasteiger partial charge in [0.1, 0.15) is 18.5 Å². The smallest absolute Gasteiger partial charge is 0.253 e. The van der Waals surface area contributed by atoms with Crippen LogP contribution in [0.5, 0.6) is 5.75 Å². The summed E-state index contributed by atoms with van der Waals surface area (Å²) in [7, 11) is 0. The van der Waals surface area contributed by atoms with Crippen molar-refractivity contribution >= 4 is 11.6 Å². The second kappa shape index (κ2) is 8.14. The molecule has 0 aromatic heterocycles. The molecule has 0 spiro atoms. The van der Waals surface area contributed by atoms with Gasteiger partial charge in [-0.25, -0.2) is 0 Å². The van der Waals surface area contributed by atoms with Crippen molar-refractivity contribution in [2.24, 2.45) is 5.73 Å². The highest BCUT2D eigenvalue weighted by Crippen LogP contribution is 2.24. The zero-order chi connectivity index (χ0) is 17.6. The molecule has 3 N–H and O–H groups in total. The Morgan fingerprint density at radius 1 is 1.24 bits per heavy atom. The van der Waals surface area contributed by atoms with Gasteiger partial charge in [-0.3, -0.25) is 4.79 Å². The first-order valence-corrected chi connectivity index (χ1v) is 8.59. The number of nitrogens with two attached hydrogens (primary N) is 1. The molecule has 2 atom stereocenters. The van der Waals surface area contributed by atoms with Crippen molar-refractivity contribution in [2.75, 3.05) is 11.9 Å². The van der Waals surface area contributed by atoms with Crippen molar-refractivity contribution in [1.29, 1.82) is 0 Å². The van der Waals surface area contributed by atoms with Crippen LogP contribution in [0, 0.1) is 6.92 Å². The summed E-state index contributed by atoms with van der Waals surface area (Å²) in [5.41, 5.74) is 8.43. The van der Waals surface area contributed by atoms with Crippen molar-refractivity contribution in [1.82, 2.24) is 0 Å². The fraction of sp³-hybridized carbons (Fsp3) is 0.350. The van der Waals surface area contributed by atoms with E-state index in [9.17, 15) is 4.79 Å². The van der Waals surface area contributed by atoms with Crippen molar-refractivity contribution < 1.29 is 14.3 Å². The lowest BCUT2D eigenvalue weighted by atomic mass is 10.1. The maximum absolute atomic E-state index is 12.3. The number of carbonyl (C=O) groups is 1. The molecule has 5 nitrogen and oxygen atoms in total. The van der Waals surface area contributed by atoms with Crippen LogP contribution < -0.4 is 15.8 Å². The predicted octanol–water partition coefficient (Wildman–Crippen LogP) is 3.02. The third-order valence-electron chi connectivity index (χ3n) is 4.37. The fourth-order valence-corrected chi connectivity index (χ4v) is 2.89. The summed E-state index contributed by atoms with van der Waals surface area (Å²) in [5, 5.41) is 2.94. The van der Waals surface area contributed by atoms with Crippen LogP contribution in [0.15, 0.2) is 48.5 Å². The van der Waals surface area contributed by atoms with Gasteiger partial charge in [-0.05, 0) is 49.1 Å². The minimum Gasteiger partial charge on any atom is -0.489 e. The second-order valence-corrected chi connectivity index (χ2v) is 6.30. The molecule has 0 aliphatic carbocycles. The highest BCUT2D eigenvalue weighted by Gasteiger charge is 2.30. The molecule has 25 heavy (non-hydrogen) atoms. The van der Waals surface area contributed by atoms with Gasteiger partial charge in [-0.1, -0.05) is 30.3 Å². The number of hydrogen-bond donors (Lipinski definition) is 2. The van der Waals surface area contributed by atoms with E-state index in [1.165, 1.54) is 0 Å². The van der Waals surface area contributed by atoms with Gasteiger partial charge in [0, 0.05) is 12.2 Å². The Morgan fingerprint density at radius 3 is 2.72 bits per heavy atom. The van der Waals surface area contributed by atoms with Crippen molar-refractivity contribution in [3.8, 4) is 5.75 Å². The number of anilines is 1. The van der Waals surface area contributed by atoms with Gasteiger partial charge in [0.25, 0.3) is 5.91 Å². The summed E-state index contributed by atoms with van der Waals surface area (Å²) in [6.45, 7) is 2.92. The maximum atomic E-state index is 12.3. The number of aryl methyl sites for hydroxylation is 1. The van der Waals surface area contributed by atoms with Gasteiger partial charge in [-0.15, -0.1) is 0 Å². The van der Waals surface area contributed by atoms with E-state index in [0.717, 1.165) is 29.0 Å². The first-order valence-electron chi connectivity index (χ1n) is 8.59. The zero-order valence-electron chi connectivity index (χ0n) is 14.4. The van der Waals surface area contributed by atoms with E-state index in [1.54, 1.807) is 0 Å². The highest BCUT2D eigenvalue weighted by atomic mass is 16.5. The molecule has 5 heteroatoms. The average molecular weight is 340 g/mol. The summed E-state index contributed by atoms with van der Waals surface area (Å²) in [4.78, 5) is 12.3. The Morgan fingerprint density at radius 2 is 2.04 bits per heavy atom. The Balaban J connectivity index is 1.57. The molecule has 1 heterocycles. The molecule has 1 saturated heterocycles. The lowest BCUT2D eigenvalue weighted by Crippen LogP contribution is -2.30. The van der Waals surface area contributed by atoms with E-state index in [1.807, 2.05) is 55.5 Å². The SMILES string of the molecule is Cc1cc(OCc2ccccc2)ccc1NC(=O)[C@@H]1CC[C@H](CN)O1. The third kappa shape index (κ3) is 4.59. The minimum absolute atomic E-state index is 0.00869. The molecular formula is C20H24N2O3. The molecule has 0 unspecified atom stereocenters. The van der Waals surface area contributed by atoms with Crippen LogP contribution >= 0.6 is 0 Å². The Labute approximate surface area is 148 Å². The van der Waals surface area contributed by atoms with Crippen molar-refractivity contribution in [3.63, 3.8) is 0 Å². The standard InChI is InChI=1S/C20H24N2O3/c1-14-11-16(24-13-15-5-3-2-4-6-15)7-9-18(14)22-20(23)19-10-8-17(12-21)25-19/h2-7,9,11,17,19H,8,10,12-13,21H2,1H3,(H,22,23)/t17-,19+/m1/s1. The summed E-state index contributed by atoms with van der Waals surface area (Å²) in [6.07, 6.45) is 1.12. The van der Waals surface area contributed by atoms with E-state index in [0.29, 0.717) is 19.6 Å². The third-order valence-corrected chi connectivity index (χ3v) is 4.37. The number of amides is 1. The fourth-order valence-electron chi connectivity index (χ4n) is 2.89. The molecule has 0 radical (unpaired) electrons. The lowest BCUT2D eigenvalue weighted by molar-refractivity contribution is -0.126. The number of rotatable bonds is 6. The number of benzene rings is 2. The normalized spacial score (nSPS) is 19.6. The second-order valence-electron chi connectivity index (χ2n) is 6.30. The molecule has 1 fully saturated rings.